The van der Waals surface area contributed by atoms with Crippen LogP contribution in [0.2, 0.25) is 0 Å². The van der Waals surface area contributed by atoms with Crippen LogP contribution >= 0.6 is 0 Å². The molecule has 0 aliphatic heterocycles. The van der Waals surface area contributed by atoms with Crippen molar-refractivity contribution in [2.45, 2.75) is 59.7 Å². The van der Waals surface area contributed by atoms with Crippen molar-refractivity contribution in [1.29, 1.82) is 0 Å². The SMILES string of the molecule is CC(C)CC(CC(C)C)NCc1ccc(OC(F)F)cc1. The van der Waals surface area contributed by atoms with Gasteiger partial charge in [0.2, 0.25) is 0 Å². The Balaban J connectivity index is 2.50. The summed E-state index contributed by atoms with van der Waals surface area (Å²) in [6, 6.07) is 7.31. The van der Waals surface area contributed by atoms with Gasteiger partial charge in [-0.2, -0.15) is 8.78 Å². The van der Waals surface area contributed by atoms with Gasteiger partial charge in [-0.15, -0.1) is 0 Å². The molecule has 0 heterocycles. The third-order valence-electron chi connectivity index (χ3n) is 3.26. The van der Waals surface area contributed by atoms with Gasteiger partial charge in [-0.05, 0) is 42.4 Å². The zero-order chi connectivity index (χ0) is 15.8. The van der Waals surface area contributed by atoms with Crippen LogP contribution in [0.1, 0.15) is 46.1 Å². The van der Waals surface area contributed by atoms with Crippen LogP contribution in [0.4, 0.5) is 8.78 Å². The minimum Gasteiger partial charge on any atom is -0.435 e. The number of halogens is 2. The second-order valence-electron chi connectivity index (χ2n) is 6.36. The normalized spacial score (nSPS) is 11.9. The van der Waals surface area contributed by atoms with E-state index < -0.39 is 6.61 Å². The molecular weight excluding hydrogens is 272 g/mol. The van der Waals surface area contributed by atoms with E-state index >= 15 is 0 Å². The predicted octanol–water partition coefficient (Wildman–Crippen LogP) is 4.84. The summed E-state index contributed by atoms with van der Waals surface area (Å²) in [6.07, 6.45) is 2.29. The molecule has 1 N–H and O–H groups in total. The summed E-state index contributed by atoms with van der Waals surface area (Å²) in [5.41, 5.74) is 1.08. The lowest BCUT2D eigenvalue weighted by molar-refractivity contribution is -0.0498. The van der Waals surface area contributed by atoms with E-state index in [1.165, 1.54) is 0 Å². The molecule has 0 radical (unpaired) electrons. The molecule has 0 aromatic heterocycles. The predicted molar refractivity (Wildman–Crippen MR) is 82.6 cm³/mol. The van der Waals surface area contributed by atoms with E-state index in [1.54, 1.807) is 12.1 Å². The average molecular weight is 299 g/mol. The van der Waals surface area contributed by atoms with Gasteiger partial charge in [0.25, 0.3) is 0 Å². The maximum Gasteiger partial charge on any atom is 0.387 e. The molecule has 0 unspecified atom stereocenters. The Labute approximate surface area is 126 Å². The van der Waals surface area contributed by atoms with Crippen molar-refractivity contribution in [3.05, 3.63) is 29.8 Å². The maximum absolute atomic E-state index is 12.1. The lowest BCUT2D eigenvalue weighted by Gasteiger charge is -2.22. The number of hydrogen-bond acceptors (Lipinski definition) is 2. The molecule has 0 spiro atoms. The minimum absolute atomic E-state index is 0.203. The summed E-state index contributed by atoms with van der Waals surface area (Å²) in [6.45, 7) is 6.89. The van der Waals surface area contributed by atoms with Crippen LogP contribution in [0, 0.1) is 11.8 Å². The van der Waals surface area contributed by atoms with Gasteiger partial charge in [0, 0.05) is 12.6 Å². The Kier molecular flexibility index (Phi) is 7.65. The van der Waals surface area contributed by atoms with Crippen molar-refractivity contribution in [2.75, 3.05) is 0 Å². The molecular formula is C17H27F2NO. The first-order valence-electron chi connectivity index (χ1n) is 7.64. The molecule has 4 heteroatoms. The van der Waals surface area contributed by atoms with E-state index in [-0.39, 0.29) is 5.75 Å². The average Bonchev–Trinajstić information content (AvgIpc) is 2.35. The molecule has 21 heavy (non-hydrogen) atoms. The van der Waals surface area contributed by atoms with Gasteiger partial charge in [-0.25, -0.2) is 0 Å². The first-order valence-corrected chi connectivity index (χ1v) is 7.64. The monoisotopic (exact) mass is 299 g/mol. The summed E-state index contributed by atoms with van der Waals surface area (Å²) in [7, 11) is 0. The summed E-state index contributed by atoms with van der Waals surface area (Å²) in [4.78, 5) is 0. The molecule has 0 saturated heterocycles. The van der Waals surface area contributed by atoms with E-state index in [4.69, 9.17) is 0 Å². The van der Waals surface area contributed by atoms with Gasteiger partial charge in [-0.3, -0.25) is 0 Å². The number of rotatable bonds is 9. The standard InChI is InChI=1S/C17H27F2NO/c1-12(2)9-15(10-13(3)4)20-11-14-5-7-16(8-6-14)21-17(18)19/h5-8,12-13,15,17,20H,9-11H2,1-4H3. The lowest BCUT2D eigenvalue weighted by atomic mass is 9.95. The molecule has 1 aromatic carbocycles. The highest BCUT2D eigenvalue weighted by molar-refractivity contribution is 5.27. The Bertz CT molecular complexity index is 380. The molecule has 1 aromatic rings. The first-order chi connectivity index (χ1) is 9.86. The highest BCUT2D eigenvalue weighted by atomic mass is 19.3. The van der Waals surface area contributed by atoms with E-state index in [0.29, 0.717) is 17.9 Å². The van der Waals surface area contributed by atoms with E-state index in [1.807, 2.05) is 12.1 Å². The van der Waals surface area contributed by atoms with Gasteiger partial charge >= 0.3 is 6.61 Å². The van der Waals surface area contributed by atoms with E-state index in [2.05, 4.69) is 37.7 Å². The van der Waals surface area contributed by atoms with E-state index in [9.17, 15) is 8.78 Å². The van der Waals surface area contributed by atoms with Crippen LogP contribution in [0.15, 0.2) is 24.3 Å². The number of benzene rings is 1. The van der Waals surface area contributed by atoms with Crippen molar-refractivity contribution < 1.29 is 13.5 Å². The maximum atomic E-state index is 12.1. The van der Waals surface area contributed by atoms with Gasteiger partial charge < -0.3 is 10.1 Å². The van der Waals surface area contributed by atoms with Crippen molar-refractivity contribution in [3.8, 4) is 5.75 Å². The highest BCUT2D eigenvalue weighted by Gasteiger charge is 2.12. The Morgan fingerprint density at radius 3 is 1.90 bits per heavy atom. The second kappa shape index (κ2) is 8.98. The van der Waals surface area contributed by atoms with Gasteiger partial charge in [0.05, 0.1) is 0 Å². The third-order valence-corrected chi connectivity index (χ3v) is 3.26. The summed E-state index contributed by atoms with van der Waals surface area (Å²) >= 11 is 0. The zero-order valence-corrected chi connectivity index (χ0v) is 13.4. The molecule has 0 aliphatic carbocycles. The van der Waals surface area contributed by atoms with Crippen LogP contribution in [-0.4, -0.2) is 12.7 Å². The van der Waals surface area contributed by atoms with Crippen LogP contribution in [0.25, 0.3) is 0 Å². The highest BCUT2D eigenvalue weighted by Crippen LogP contribution is 2.17. The van der Waals surface area contributed by atoms with Crippen LogP contribution in [0.5, 0.6) is 5.75 Å². The van der Waals surface area contributed by atoms with Gasteiger partial charge in [-0.1, -0.05) is 39.8 Å². The summed E-state index contributed by atoms with van der Waals surface area (Å²) < 4.78 is 28.5. The fourth-order valence-corrected chi connectivity index (χ4v) is 2.45. The van der Waals surface area contributed by atoms with Crippen molar-refractivity contribution in [3.63, 3.8) is 0 Å². The minimum atomic E-state index is -2.77. The third kappa shape index (κ3) is 8.00. The van der Waals surface area contributed by atoms with Crippen molar-refractivity contribution in [1.82, 2.24) is 5.32 Å². The second-order valence-corrected chi connectivity index (χ2v) is 6.36. The molecule has 0 atom stereocenters. The van der Waals surface area contributed by atoms with Crippen LogP contribution in [-0.2, 0) is 6.54 Å². The molecule has 0 fully saturated rings. The quantitative estimate of drug-likeness (QED) is 0.704. The topological polar surface area (TPSA) is 21.3 Å². The molecule has 0 bridgehead atoms. The van der Waals surface area contributed by atoms with Gasteiger partial charge in [0.1, 0.15) is 5.75 Å². The lowest BCUT2D eigenvalue weighted by Crippen LogP contribution is -2.31. The Morgan fingerprint density at radius 2 is 1.48 bits per heavy atom. The zero-order valence-electron chi connectivity index (χ0n) is 13.4. The number of ether oxygens (including phenoxy) is 1. The van der Waals surface area contributed by atoms with Crippen LogP contribution < -0.4 is 10.1 Å². The largest absolute Gasteiger partial charge is 0.435 e. The first kappa shape index (κ1) is 17.9. The molecule has 0 aliphatic rings. The molecule has 120 valence electrons. The molecule has 0 amide bonds. The Hall–Kier alpha value is -1.16. The fourth-order valence-electron chi connectivity index (χ4n) is 2.45. The summed E-state index contributed by atoms with van der Waals surface area (Å²) in [5.74, 6) is 1.51. The number of alkyl halides is 2. The number of hydrogen-bond donors (Lipinski definition) is 1. The molecule has 1 rings (SSSR count). The fraction of sp³-hybridized carbons (Fsp3) is 0.647. The molecule has 0 saturated carbocycles. The smallest absolute Gasteiger partial charge is 0.387 e. The van der Waals surface area contributed by atoms with Gasteiger partial charge in [0.15, 0.2) is 0 Å². The van der Waals surface area contributed by atoms with E-state index in [0.717, 1.165) is 24.9 Å². The van der Waals surface area contributed by atoms with Crippen molar-refractivity contribution >= 4 is 0 Å². The summed E-state index contributed by atoms with van der Waals surface area (Å²) in [5, 5.41) is 3.57. The number of nitrogens with one attached hydrogen (secondary N) is 1. The van der Waals surface area contributed by atoms with Crippen LogP contribution in [0.3, 0.4) is 0 Å². The molecule has 2 nitrogen and oxygen atoms in total. The Morgan fingerprint density at radius 1 is 0.952 bits per heavy atom. The van der Waals surface area contributed by atoms with Crippen molar-refractivity contribution in [2.24, 2.45) is 11.8 Å².